The maximum Gasteiger partial charge on any atom is 0.178 e. The Balaban J connectivity index is 1.40. The summed E-state index contributed by atoms with van der Waals surface area (Å²) < 4.78 is 44.2. The fourth-order valence-electron chi connectivity index (χ4n) is 5.37. The van der Waals surface area contributed by atoms with E-state index in [1.165, 1.54) is 0 Å². The fraction of sp³-hybridized carbons (Fsp3) is 0.636. The lowest BCUT2D eigenvalue weighted by Crippen LogP contribution is -2.51. The molecule has 0 saturated heterocycles. The summed E-state index contributed by atoms with van der Waals surface area (Å²) in [6.45, 7) is 0.111. The minimum absolute atomic E-state index is 0.0357. The third-order valence-electron chi connectivity index (χ3n) is 7.63. The molecule has 0 amide bonds. The van der Waals surface area contributed by atoms with Crippen LogP contribution >= 0.6 is 0 Å². The van der Waals surface area contributed by atoms with Crippen LogP contribution in [0.15, 0.2) is 41.1 Å². The summed E-state index contributed by atoms with van der Waals surface area (Å²) >= 11 is 0. The number of ether oxygens (including phenoxy) is 1. The van der Waals surface area contributed by atoms with Crippen LogP contribution < -0.4 is 10.5 Å². The molecule has 1 aromatic rings. The van der Waals surface area contributed by atoms with Crippen LogP contribution in [0.4, 0.5) is 4.39 Å². The predicted octanol–water partition coefficient (Wildman–Crippen LogP) is 3.52. The average Bonchev–Trinajstić information content (AvgIpc) is 3.49. The van der Waals surface area contributed by atoms with Gasteiger partial charge in [-0.1, -0.05) is 0 Å². The molecule has 29 heavy (non-hydrogen) atoms. The van der Waals surface area contributed by atoms with Crippen molar-refractivity contribution in [3.05, 3.63) is 36.2 Å². The Morgan fingerprint density at radius 3 is 2.14 bits per heavy atom. The van der Waals surface area contributed by atoms with E-state index >= 15 is 0 Å². The second kappa shape index (κ2) is 7.36. The van der Waals surface area contributed by atoms with Crippen molar-refractivity contribution in [2.24, 2.45) is 16.6 Å². The molecule has 1 aromatic carbocycles. The van der Waals surface area contributed by atoms with Gasteiger partial charge in [-0.3, -0.25) is 0 Å². The van der Waals surface area contributed by atoms with Crippen LogP contribution in [0, 0.1) is 10.8 Å². The molecule has 0 aliphatic heterocycles. The first kappa shape index (κ1) is 20.8. The van der Waals surface area contributed by atoms with Gasteiger partial charge in [0.2, 0.25) is 0 Å². The minimum Gasteiger partial charge on any atom is -0.489 e. The van der Waals surface area contributed by atoms with Gasteiger partial charge in [0.25, 0.3) is 0 Å². The molecule has 0 spiro atoms. The van der Waals surface area contributed by atoms with Gasteiger partial charge in [0.15, 0.2) is 9.84 Å². The van der Waals surface area contributed by atoms with E-state index in [0.717, 1.165) is 51.4 Å². The number of hydrogen-bond acceptors (Lipinski definition) is 5. The zero-order valence-corrected chi connectivity index (χ0v) is 17.5. The van der Waals surface area contributed by atoms with Crippen LogP contribution in [0.2, 0.25) is 0 Å². The van der Waals surface area contributed by atoms with Gasteiger partial charge < -0.3 is 15.6 Å². The number of hydrogen-bond donors (Lipinski definition) is 2. The van der Waals surface area contributed by atoms with Gasteiger partial charge in [0, 0.05) is 12.1 Å². The van der Waals surface area contributed by atoms with E-state index in [1.54, 1.807) is 24.3 Å². The quantitative estimate of drug-likeness (QED) is 0.668. The highest BCUT2D eigenvalue weighted by molar-refractivity contribution is 7.91. The maximum absolute atomic E-state index is 13.1. The Labute approximate surface area is 172 Å². The number of benzene rings is 1. The molecule has 4 aliphatic carbocycles. The summed E-state index contributed by atoms with van der Waals surface area (Å²) in [7, 11) is -3.41. The molecule has 0 atom stereocenters. The molecule has 4 fully saturated rings. The molecule has 0 heterocycles. The Bertz CT molecular complexity index is 865. The first-order chi connectivity index (χ1) is 13.8. The van der Waals surface area contributed by atoms with E-state index in [9.17, 15) is 17.9 Å². The molecule has 0 unspecified atom stereocenters. The monoisotopic (exact) mass is 423 g/mol. The highest BCUT2D eigenvalue weighted by Crippen LogP contribution is 2.67. The van der Waals surface area contributed by atoms with Gasteiger partial charge in [0.05, 0.1) is 22.6 Å². The van der Waals surface area contributed by atoms with E-state index in [4.69, 9.17) is 10.5 Å². The number of rotatable bonds is 8. The van der Waals surface area contributed by atoms with Crippen molar-refractivity contribution in [1.82, 2.24) is 0 Å². The van der Waals surface area contributed by atoms with Crippen molar-refractivity contribution < 1.29 is 22.7 Å². The largest absolute Gasteiger partial charge is 0.489 e. The van der Waals surface area contributed by atoms with Gasteiger partial charge in [0.1, 0.15) is 12.4 Å². The standard InChI is InChI=1S/C22H30FNO4S/c23-13-17(14-24)15-28-18-1-3-19(4-2-18)29(26,27)16-20-5-8-21(9-6-20,10-7-20)22(25)11-12-22/h1-4,13,25H,5-12,14-16,24H2. The Morgan fingerprint density at radius 2 is 1.66 bits per heavy atom. The average molecular weight is 424 g/mol. The molecular weight excluding hydrogens is 393 g/mol. The maximum atomic E-state index is 13.1. The van der Waals surface area contributed by atoms with Gasteiger partial charge in [-0.15, -0.1) is 0 Å². The summed E-state index contributed by atoms with van der Waals surface area (Å²) in [5.41, 5.74) is 5.13. The van der Waals surface area contributed by atoms with Crippen LogP contribution in [-0.4, -0.2) is 38.0 Å². The van der Waals surface area contributed by atoms with E-state index < -0.39 is 15.4 Å². The molecule has 0 aromatic heterocycles. The molecule has 4 aliphatic rings. The highest BCUT2D eigenvalue weighted by atomic mass is 32.2. The molecule has 2 bridgehead atoms. The van der Waals surface area contributed by atoms with Gasteiger partial charge in [-0.25, -0.2) is 12.8 Å². The predicted molar refractivity (Wildman–Crippen MR) is 109 cm³/mol. The molecule has 4 saturated carbocycles. The molecule has 0 radical (unpaired) electrons. The van der Waals surface area contributed by atoms with E-state index in [-0.39, 0.29) is 29.7 Å². The van der Waals surface area contributed by atoms with Crippen molar-refractivity contribution >= 4 is 9.84 Å². The van der Waals surface area contributed by atoms with Gasteiger partial charge in [-0.05, 0) is 86.5 Å². The molecule has 160 valence electrons. The van der Waals surface area contributed by atoms with Crippen molar-refractivity contribution in [2.45, 2.75) is 61.9 Å². The summed E-state index contributed by atoms with van der Waals surface area (Å²) in [5, 5.41) is 10.7. The zero-order valence-electron chi connectivity index (χ0n) is 16.7. The van der Waals surface area contributed by atoms with Crippen molar-refractivity contribution in [3.63, 3.8) is 0 Å². The first-order valence-corrected chi connectivity index (χ1v) is 12.1. The molecule has 5 nitrogen and oxygen atoms in total. The summed E-state index contributed by atoms with van der Waals surface area (Å²) in [6, 6.07) is 6.33. The molecule has 5 rings (SSSR count). The minimum atomic E-state index is -3.41. The SMILES string of the molecule is NCC(=CF)COc1ccc(S(=O)(=O)CC23CCC(C4(O)CC4)(CC2)CC3)cc1. The molecule has 7 heteroatoms. The lowest BCUT2D eigenvalue weighted by atomic mass is 9.52. The topological polar surface area (TPSA) is 89.6 Å². The van der Waals surface area contributed by atoms with Crippen LogP contribution in [0.1, 0.15) is 51.4 Å². The van der Waals surface area contributed by atoms with Gasteiger partial charge in [-0.2, -0.15) is 0 Å². The number of nitrogens with two attached hydrogens (primary N) is 1. The lowest BCUT2D eigenvalue weighted by Gasteiger charge is -2.55. The third-order valence-corrected chi connectivity index (χ3v) is 9.62. The number of sulfone groups is 1. The Kier molecular flexibility index (Phi) is 5.28. The lowest BCUT2D eigenvalue weighted by molar-refractivity contribution is -0.0966. The summed E-state index contributed by atoms with van der Waals surface area (Å²) in [4.78, 5) is 0.294. The van der Waals surface area contributed by atoms with Crippen molar-refractivity contribution in [2.75, 3.05) is 18.9 Å². The van der Waals surface area contributed by atoms with Crippen LogP contribution in [0.5, 0.6) is 5.75 Å². The highest BCUT2D eigenvalue weighted by Gasteiger charge is 2.63. The third kappa shape index (κ3) is 3.84. The second-order valence-corrected chi connectivity index (χ2v) is 11.3. The van der Waals surface area contributed by atoms with E-state index in [1.807, 2.05) is 0 Å². The Hall–Kier alpha value is -1.44. The van der Waals surface area contributed by atoms with E-state index in [0.29, 0.717) is 22.5 Å². The summed E-state index contributed by atoms with van der Waals surface area (Å²) in [6.07, 6.45) is 7.71. The van der Waals surface area contributed by atoms with Crippen LogP contribution in [0.25, 0.3) is 0 Å². The number of fused-ring (bicyclic) bond motifs is 3. The number of halogens is 1. The summed E-state index contributed by atoms with van der Waals surface area (Å²) in [5.74, 6) is 0.643. The second-order valence-electron chi connectivity index (χ2n) is 9.30. The normalized spacial score (nSPS) is 30.9. The number of aliphatic hydroxyl groups is 1. The Morgan fingerprint density at radius 1 is 1.07 bits per heavy atom. The fourth-order valence-corrected chi connectivity index (χ4v) is 7.32. The van der Waals surface area contributed by atoms with Crippen molar-refractivity contribution in [1.29, 1.82) is 0 Å². The first-order valence-electron chi connectivity index (χ1n) is 10.4. The van der Waals surface area contributed by atoms with Crippen LogP contribution in [-0.2, 0) is 9.84 Å². The van der Waals surface area contributed by atoms with E-state index in [2.05, 4.69) is 0 Å². The zero-order chi connectivity index (χ0) is 20.8. The van der Waals surface area contributed by atoms with Gasteiger partial charge >= 0.3 is 0 Å². The smallest absolute Gasteiger partial charge is 0.178 e. The van der Waals surface area contributed by atoms with Crippen molar-refractivity contribution in [3.8, 4) is 5.75 Å². The van der Waals surface area contributed by atoms with Crippen LogP contribution in [0.3, 0.4) is 0 Å². The molecule has 3 N–H and O–H groups in total. The molecular formula is C22H30FNO4S.